The van der Waals surface area contributed by atoms with Crippen molar-refractivity contribution >= 4 is 33.0 Å². The summed E-state index contributed by atoms with van der Waals surface area (Å²) in [6.07, 6.45) is 0. The van der Waals surface area contributed by atoms with Gasteiger partial charge in [0.05, 0.1) is 4.34 Å². The van der Waals surface area contributed by atoms with E-state index in [0.717, 1.165) is 11.3 Å². The molecule has 0 unspecified atom stereocenters. The number of hydrogen-bond donors (Lipinski definition) is 1. The Morgan fingerprint density at radius 3 is 2.39 bits per heavy atom. The summed E-state index contributed by atoms with van der Waals surface area (Å²) < 4.78 is 39.4. The van der Waals surface area contributed by atoms with Crippen LogP contribution < -0.4 is 4.72 Å². The average molecular weight is 306 g/mol. The standard InChI is InChI=1S/C11H9ClFNO2S2/c12-10-5-6-11(17-10)18(15,16)14-7-8-1-3-9(13)4-2-8/h1-6,14H,7H2. The van der Waals surface area contributed by atoms with Gasteiger partial charge in [-0.3, -0.25) is 0 Å². The van der Waals surface area contributed by atoms with Crippen LogP contribution in [-0.2, 0) is 16.6 Å². The topological polar surface area (TPSA) is 46.2 Å². The van der Waals surface area contributed by atoms with Crippen LogP contribution >= 0.6 is 22.9 Å². The van der Waals surface area contributed by atoms with E-state index < -0.39 is 10.0 Å². The van der Waals surface area contributed by atoms with Crippen molar-refractivity contribution in [2.24, 2.45) is 0 Å². The molecule has 0 aliphatic heterocycles. The highest BCUT2D eigenvalue weighted by molar-refractivity contribution is 7.91. The average Bonchev–Trinajstić information content (AvgIpc) is 2.76. The van der Waals surface area contributed by atoms with Gasteiger partial charge in [0.25, 0.3) is 0 Å². The highest BCUT2D eigenvalue weighted by Gasteiger charge is 2.15. The summed E-state index contributed by atoms with van der Waals surface area (Å²) in [4.78, 5) is 0. The largest absolute Gasteiger partial charge is 0.250 e. The maximum absolute atomic E-state index is 12.7. The lowest BCUT2D eigenvalue weighted by molar-refractivity contribution is 0.583. The summed E-state index contributed by atoms with van der Waals surface area (Å²) in [5.74, 6) is -0.355. The molecule has 2 rings (SSSR count). The van der Waals surface area contributed by atoms with Crippen LogP contribution in [0.5, 0.6) is 0 Å². The first kappa shape index (κ1) is 13.5. The summed E-state index contributed by atoms with van der Waals surface area (Å²) in [5.41, 5.74) is 0.683. The zero-order valence-electron chi connectivity index (χ0n) is 9.06. The number of nitrogens with one attached hydrogen (secondary N) is 1. The molecule has 2 aromatic rings. The first-order chi connectivity index (χ1) is 8.47. The first-order valence-corrected chi connectivity index (χ1v) is 7.64. The minimum absolute atomic E-state index is 0.109. The molecule has 1 aromatic carbocycles. The van der Waals surface area contributed by atoms with Gasteiger partial charge >= 0.3 is 0 Å². The van der Waals surface area contributed by atoms with E-state index in [0.29, 0.717) is 9.90 Å². The molecule has 0 radical (unpaired) electrons. The van der Waals surface area contributed by atoms with Crippen molar-refractivity contribution in [2.75, 3.05) is 0 Å². The predicted molar refractivity (Wildman–Crippen MR) is 69.8 cm³/mol. The molecular weight excluding hydrogens is 297 g/mol. The fourth-order valence-corrected chi connectivity index (χ4v) is 3.84. The molecule has 0 saturated heterocycles. The molecule has 7 heteroatoms. The molecule has 0 amide bonds. The van der Waals surface area contributed by atoms with Gasteiger partial charge in [-0.2, -0.15) is 0 Å². The summed E-state index contributed by atoms with van der Waals surface area (Å²) in [6, 6.07) is 8.59. The Kier molecular flexibility index (Phi) is 4.01. The minimum atomic E-state index is -3.56. The third-order valence-corrected chi connectivity index (χ3v) is 5.32. The van der Waals surface area contributed by atoms with Crippen molar-refractivity contribution in [2.45, 2.75) is 10.8 Å². The molecular formula is C11H9ClFNO2S2. The molecule has 1 heterocycles. The highest BCUT2D eigenvalue weighted by atomic mass is 35.5. The summed E-state index contributed by atoms with van der Waals surface area (Å²) in [5, 5.41) is 0. The fourth-order valence-electron chi connectivity index (χ4n) is 1.29. The number of thiophene rings is 1. The van der Waals surface area contributed by atoms with Crippen LogP contribution in [0.1, 0.15) is 5.56 Å². The van der Waals surface area contributed by atoms with Crippen LogP contribution in [0.4, 0.5) is 4.39 Å². The highest BCUT2D eigenvalue weighted by Crippen LogP contribution is 2.25. The predicted octanol–water partition coefficient (Wildman–Crippen LogP) is 3.02. The maximum Gasteiger partial charge on any atom is 0.250 e. The second-order valence-corrected chi connectivity index (χ2v) is 7.22. The molecule has 0 fully saturated rings. The third-order valence-electron chi connectivity index (χ3n) is 2.19. The third kappa shape index (κ3) is 3.29. The van der Waals surface area contributed by atoms with Crippen molar-refractivity contribution in [3.05, 3.63) is 52.1 Å². The monoisotopic (exact) mass is 305 g/mol. The smallest absolute Gasteiger partial charge is 0.207 e. The van der Waals surface area contributed by atoms with Crippen LogP contribution in [0, 0.1) is 5.82 Å². The van der Waals surface area contributed by atoms with Gasteiger partial charge in [-0.25, -0.2) is 17.5 Å². The van der Waals surface area contributed by atoms with Crippen LogP contribution in [-0.4, -0.2) is 8.42 Å². The molecule has 0 atom stereocenters. The second kappa shape index (κ2) is 5.36. The SMILES string of the molecule is O=S(=O)(NCc1ccc(F)cc1)c1ccc(Cl)s1. The molecule has 3 nitrogen and oxygen atoms in total. The molecule has 0 spiro atoms. The van der Waals surface area contributed by atoms with E-state index in [-0.39, 0.29) is 16.6 Å². The van der Waals surface area contributed by atoms with E-state index in [2.05, 4.69) is 4.72 Å². The van der Waals surface area contributed by atoms with E-state index in [9.17, 15) is 12.8 Å². The van der Waals surface area contributed by atoms with Crippen molar-refractivity contribution in [1.29, 1.82) is 0 Å². The fraction of sp³-hybridized carbons (Fsp3) is 0.0909. The molecule has 0 bridgehead atoms. The van der Waals surface area contributed by atoms with Crippen LogP contribution in [0.2, 0.25) is 4.34 Å². The van der Waals surface area contributed by atoms with E-state index in [1.807, 2.05) is 0 Å². The van der Waals surface area contributed by atoms with Gasteiger partial charge in [0.1, 0.15) is 10.0 Å². The molecule has 1 aromatic heterocycles. The van der Waals surface area contributed by atoms with Gasteiger partial charge < -0.3 is 0 Å². The van der Waals surface area contributed by atoms with E-state index in [1.165, 1.54) is 36.4 Å². The molecule has 0 saturated carbocycles. The number of hydrogen-bond acceptors (Lipinski definition) is 3. The van der Waals surface area contributed by atoms with Crippen molar-refractivity contribution in [3.63, 3.8) is 0 Å². The lowest BCUT2D eigenvalue weighted by Gasteiger charge is -2.04. The zero-order valence-corrected chi connectivity index (χ0v) is 11.4. The quantitative estimate of drug-likeness (QED) is 0.944. The Hall–Kier alpha value is -0.950. The lowest BCUT2D eigenvalue weighted by Crippen LogP contribution is -2.22. The number of rotatable bonds is 4. The van der Waals surface area contributed by atoms with Crippen molar-refractivity contribution < 1.29 is 12.8 Å². The molecule has 1 N–H and O–H groups in total. The summed E-state index contributed by atoms with van der Waals surface area (Å²) >= 11 is 6.67. The van der Waals surface area contributed by atoms with Gasteiger partial charge in [0.15, 0.2) is 0 Å². The number of halogens is 2. The maximum atomic E-state index is 12.7. The summed E-state index contributed by atoms with van der Waals surface area (Å²) in [6.45, 7) is 0.109. The number of sulfonamides is 1. The molecule has 0 aliphatic carbocycles. The van der Waals surface area contributed by atoms with Crippen LogP contribution in [0.25, 0.3) is 0 Å². The Labute approximate surface area is 113 Å². The Balaban J connectivity index is 2.08. The lowest BCUT2D eigenvalue weighted by atomic mass is 10.2. The van der Waals surface area contributed by atoms with Gasteiger partial charge in [-0.1, -0.05) is 23.7 Å². The van der Waals surface area contributed by atoms with Crippen molar-refractivity contribution in [1.82, 2.24) is 4.72 Å². The Morgan fingerprint density at radius 2 is 1.83 bits per heavy atom. The molecule has 96 valence electrons. The van der Waals surface area contributed by atoms with Gasteiger partial charge in [-0.05, 0) is 29.8 Å². The van der Waals surface area contributed by atoms with E-state index in [1.54, 1.807) is 0 Å². The van der Waals surface area contributed by atoms with E-state index in [4.69, 9.17) is 11.6 Å². The van der Waals surface area contributed by atoms with Crippen LogP contribution in [0.15, 0.2) is 40.6 Å². The van der Waals surface area contributed by atoms with Gasteiger partial charge in [0, 0.05) is 6.54 Å². The van der Waals surface area contributed by atoms with Crippen LogP contribution in [0.3, 0.4) is 0 Å². The van der Waals surface area contributed by atoms with Gasteiger partial charge in [0.2, 0.25) is 10.0 Å². The summed E-state index contributed by atoms with van der Waals surface area (Å²) in [7, 11) is -3.56. The Morgan fingerprint density at radius 1 is 1.17 bits per heavy atom. The van der Waals surface area contributed by atoms with Gasteiger partial charge in [-0.15, -0.1) is 11.3 Å². The first-order valence-electron chi connectivity index (χ1n) is 4.97. The normalized spacial score (nSPS) is 11.7. The number of benzene rings is 1. The molecule has 18 heavy (non-hydrogen) atoms. The second-order valence-electron chi connectivity index (χ2n) is 3.51. The Bertz CT molecular complexity index is 637. The molecule has 0 aliphatic rings. The zero-order chi connectivity index (χ0) is 13.2. The van der Waals surface area contributed by atoms with E-state index >= 15 is 0 Å². The minimum Gasteiger partial charge on any atom is -0.207 e. The van der Waals surface area contributed by atoms with Crippen molar-refractivity contribution in [3.8, 4) is 0 Å².